The molecule has 1 aromatic rings. The quantitative estimate of drug-likeness (QED) is 0.344. The Bertz CT molecular complexity index is 563. The van der Waals surface area contributed by atoms with E-state index >= 15 is 0 Å². The van der Waals surface area contributed by atoms with Crippen LogP contribution in [0.4, 0.5) is 5.69 Å². The van der Waals surface area contributed by atoms with Crippen molar-refractivity contribution in [3.05, 3.63) is 39.4 Å². The van der Waals surface area contributed by atoms with Crippen LogP contribution in [-0.4, -0.2) is 35.7 Å². The summed E-state index contributed by atoms with van der Waals surface area (Å²) in [6, 6.07) is 4.17. The minimum absolute atomic E-state index is 0.0202. The lowest BCUT2D eigenvalue weighted by Gasteiger charge is -2.10. The highest BCUT2D eigenvalue weighted by Gasteiger charge is 2.14. The Labute approximate surface area is 134 Å². The van der Waals surface area contributed by atoms with E-state index in [9.17, 15) is 14.9 Å². The smallest absolute Gasteiger partial charge is 0.272 e. The lowest BCUT2D eigenvalue weighted by atomic mass is 10.1. The first-order chi connectivity index (χ1) is 10.5. The molecule has 120 valence electrons. The number of carbonyl (C=O) groups is 1. The topological polar surface area (TPSA) is 93.5 Å². The second-order valence-electron chi connectivity index (χ2n) is 4.52. The van der Waals surface area contributed by atoms with Gasteiger partial charge in [-0.25, -0.2) is 0 Å². The summed E-state index contributed by atoms with van der Waals surface area (Å²) in [6.07, 6.45) is 0.778. The second kappa shape index (κ2) is 9.06. The van der Waals surface area contributed by atoms with Gasteiger partial charge in [0.15, 0.2) is 5.11 Å². The molecule has 2 N–H and O–H groups in total. The zero-order valence-electron chi connectivity index (χ0n) is 12.5. The zero-order valence-corrected chi connectivity index (χ0v) is 13.4. The average Bonchev–Trinajstić information content (AvgIpc) is 2.46. The number of nitrogens with zero attached hydrogens (tertiary/aromatic N) is 1. The summed E-state index contributed by atoms with van der Waals surface area (Å²) in [5.74, 6) is -0.402. The number of amides is 1. The van der Waals surface area contributed by atoms with Crippen LogP contribution >= 0.6 is 12.2 Å². The van der Waals surface area contributed by atoms with Crippen LogP contribution in [0.3, 0.4) is 0 Å². The van der Waals surface area contributed by atoms with Gasteiger partial charge in [-0.05, 0) is 44.6 Å². The molecule has 8 heteroatoms. The van der Waals surface area contributed by atoms with Crippen molar-refractivity contribution in [2.24, 2.45) is 0 Å². The van der Waals surface area contributed by atoms with Crippen molar-refractivity contribution in [2.75, 3.05) is 19.8 Å². The van der Waals surface area contributed by atoms with E-state index in [0.29, 0.717) is 30.9 Å². The Morgan fingerprint density at radius 1 is 1.45 bits per heavy atom. The Morgan fingerprint density at radius 3 is 2.77 bits per heavy atom. The van der Waals surface area contributed by atoms with Gasteiger partial charge < -0.3 is 10.1 Å². The van der Waals surface area contributed by atoms with Gasteiger partial charge in [-0.3, -0.25) is 20.2 Å². The first-order valence-corrected chi connectivity index (χ1v) is 7.28. The Kier molecular flexibility index (Phi) is 7.41. The van der Waals surface area contributed by atoms with Gasteiger partial charge in [0, 0.05) is 37.0 Å². The molecule has 0 saturated heterocycles. The predicted octanol–water partition coefficient (Wildman–Crippen LogP) is 1.93. The van der Waals surface area contributed by atoms with Crippen LogP contribution in [-0.2, 0) is 4.74 Å². The fourth-order valence-corrected chi connectivity index (χ4v) is 1.94. The van der Waals surface area contributed by atoms with Crippen molar-refractivity contribution >= 4 is 28.9 Å². The van der Waals surface area contributed by atoms with E-state index in [0.717, 1.165) is 6.42 Å². The fraction of sp³-hybridized carbons (Fsp3) is 0.429. The highest BCUT2D eigenvalue weighted by Crippen LogP contribution is 2.18. The molecule has 1 aromatic carbocycles. The number of rotatable bonds is 7. The van der Waals surface area contributed by atoms with Crippen molar-refractivity contribution in [2.45, 2.75) is 20.3 Å². The molecule has 0 radical (unpaired) electrons. The first-order valence-electron chi connectivity index (χ1n) is 6.87. The van der Waals surface area contributed by atoms with Crippen molar-refractivity contribution in [3.8, 4) is 0 Å². The molecule has 0 unspecified atom stereocenters. The number of hydrogen-bond acceptors (Lipinski definition) is 5. The summed E-state index contributed by atoms with van der Waals surface area (Å²) in [7, 11) is 0. The molecule has 0 spiro atoms. The summed E-state index contributed by atoms with van der Waals surface area (Å²) in [6.45, 7) is 5.39. The van der Waals surface area contributed by atoms with Crippen LogP contribution < -0.4 is 10.6 Å². The van der Waals surface area contributed by atoms with E-state index < -0.39 is 10.8 Å². The molecule has 0 atom stereocenters. The maximum Gasteiger partial charge on any atom is 0.272 e. The predicted molar refractivity (Wildman–Crippen MR) is 87.0 cm³/mol. The number of nitro benzene ring substituents is 1. The van der Waals surface area contributed by atoms with E-state index in [1.54, 1.807) is 6.92 Å². The lowest BCUT2D eigenvalue weighted by Crippen LogP contribution is -2.39. The maximum absolute atomic E-state index is 12.0. The van der Waals surface area contributed by atoms with Gasteiger partial charge in [-0.15, -0.1) is 0 Å². The first kappa shape index (κ1) is 18.0. The summed E-state index contributed by atoms with van der Waals surface area (Å²) >= 11 is 5.02. The van der Waals surface area contributed by atoms with Crippen LogP contribution in [0.15, 0.2) is 18.2 Å². The van der Waals surface area contributed by atoms with Crippen LogP contribution in [0.2, 0.25) is 0 Å². The number of ether oxygens (including phenoxy) is 1. The minimum atomic E-state index is -0.485. The van der Waals surface area contributed by atoms with E-state index in [4.69, 9.17) is 17.0 Å². The molecule has 22 heavy (non-hydrogen) atoms. The van der Waals surface area contributed by atoms with Crippen molar-refractivity contribution in [3.63, 3.8) is 0 Å². The number of aryl methyl sites for hydroxylation is 1. The van der Waals surface area contributed by atoms with E-state index in [1.165, 1.54) is 18.2 Å². The molecular weight excluding hydrogens is 306 g/mol. The second-order valence-corrected chi connectivity index (χ2v) is 4.93. The molecule has 0 aliphatic carbocycles. The van der Waals surface area contributed by atoms with Gasteiger partial charge in [0.25, 0.3) is 11.6 Å². The van der Waals surface area contributed by atoms with Crippen LogP contribution in [0, 0.1) is 17.0 Å². The Morgan fingerprint density at radius 2 is 2.18 bits per heavy atom. The molecule has 0 aliphatic rings. The number of thiocarbonyl (C=S) groups is 1. The third-order valence-corrected chi connectivity index (χ3v) is 3.08. The summed E-state index contributed by atoms with van der Waals surface area (Å²) in [5, 5.41) is 16.4. The molecule has 0 fully saturated rings. The van der Waals surface area contributed by atoms with E-state index in [1.807, 2.05) is 6.92 Å². The average molecular weight is 325 g/mol. The molecule has 0 heterocycles. The van der Waals surface area contributed by atoms with Gasteiger partial charge in [0.2, 0.25) is 0 Å². The summed E-state index contributed by atoms with van der Waals surface area (Å²) in [5.41, 5.74) is 0.725. The number of benzene rings is 1. The van der Waals surface area contributed by atoms with Crippen molar-refractivity contribution in [1.82, 2.24) is 10.6 Å². The van der Waals surface area contributed by atoms with Gasteiger partial charge in [0.1, 0.15) is 0 Å². The van der Waals surface area contributed by atoms with E-state index in [-0.39, 0.29) is 10.8 Å². The fourth-order valence-electron chi connectivity index (χ4n) is 1.74. The van der Waals surface area contributed by atoms with Crippen LogP contribution in [0.25, 0.3) is 0 Å². The lowest BCUT2D eigenvalue weighted by molar-refractivity contribution is -0.385. The number of nitro groups is 1. The molecule has 0 aromatic heterocycles. The Balaban J connectivity index is 2.49. The van der Waals surface area contributed by atoms with Crippen molar-refractivity contribution < 1.29 is 14.5 Å². The standard InChI is InChI=1S/C14H19N3O4S/c1-3-21-8-4-7-15-14(22)16-13(18)11-5-6-12(17(19)20)10(2)9-11/h5-6,9H,3-4,7-8H2,1-2H3,(H2,15,16,18,22). The number of nitrogens with one attached hydrogen (secondary N) is 2. The van der Waals surface area contributed by atoms with Crippen LogP contribution in [0.1, 0.15) is 29.3 Å². The Hall–Kier alpha value is -2.06. The summed E-state index contributed by atoms with van der Waals surface area (Å²) < 4.78 is 5.18. The molecule has 1 rings (SSSR count). The van der Waals surface area contributed by atoms with E-state index in [2.05, 4.69) is 10.6 Å². The normalized spacial score (nSPS) is 10.1. The monoisotopic (exact) mass is 325 g/mol. The highest BCUT2D eigenvalue weighted by molar-refractivity contribution is 7.80. The van der Waals surface area contributed by atoms with Gasteiger partial charge in [-0.1, -0.05) is 0 Å². The van der Waals surface area contributed by atoms with Crippen molar-refractivity contribution in [1.29, 1.82) is 0 Å². The number of hydrogen-bond donors (Lipinski definition) is 2. The zero-order chi connectivity index (χ0) is 16.5. The third kappa shape index (κ3) is 5.74. The van der Waals surface area contributed by atoms with Gasteiger partial charge in [0.05, 0.1) is 4.92 Å². The highest BCUT2D eigenvalue weighted by atomic mass is 32.1. The summed E-state index contributed by atoms with van der Waals surface area (Å²) in [4.78, 5) is 22.2. The van der Waals surface area contributed by atoms with Gasteiger partial charge in [-0.2, -0.15) is 0 Å². The van der Waals surface area contributed by atoms with Gasteiger partial charge >= 0.3 is 0 Å². The third-order valence-electron chi connectivity index (χ3n) is 2.84. The molecule has 0 aliphatic heterocycles. The minimum Gasteiger partial charge on any atom is -0.382 e. The largest absolute Gasteiger partial charge is 0.382 e. The van der Waals surface area contributed by atoms with Crippen LogP contribution in [0.5, 0.6) is 0 Å². The molecule has 1 amide bonds. The molecule has 0 bridgehead atoms. The molecule has 7 nitrogen and oxygen atoms in total. The molecule has 0 saturated carbocycles. The maximum atomic E-state index is 12.0. The number of carbonyl (C=O) groups excluding carboxylic acids is 1. The SMILES string of the molecule is CCOCCCNC(=S)NC(=O)c1ccc([N+](=O)[O-])c(C)c1. The molecular formula is C14H19N3O4S.